The molecule has 0 bridgehead atoms. The molecule has 1 unspecified atom stereocenters. The standard InChI is InChI=1S/C21H24FNO/c1-6-17-7-8-18(13-19(17)22)23(10-9-14(2)3)21-16(5)11-15(4)12-20(21)24/h1,7-9,13,15H,10-12H2,2-5H3. The summed E-state index contributed by atoms with van der Waals surface area (Å²) in [6.45, 7) is 8.62. The highest BCUT2D eigenvalue weighted by molar-refractivity contribution is 6.00. The number of terminal acetylenes is 1. The Bertz CT molecular complexity index is 748. The van der Waals surface area contributed by atoms with Crippen molar-refractivity contribution in [2.45, 2.75) is 40.5 Å². The van der Waals surface area contributed by atoms with Crippen molar-refractivity contribution in [2.24, 2.45) is 5.92 Å². The fourth-order valence-corrected chi connectivity index (χ4v) is 3.11. The van der Waals surface area contributed by atoms with Crippen molar-refractivity contribution in [1.29, 1.82) is 0 Å². The maximum Gasteiger partial charge on any atom is 0.179 e. The molecule has 2 rings (SSSR count). The number of carbonyl (C=O) groups excluding carboxylic acids is 1. The molecular weight excluding hydrogens is 301 g/mol. The summed E-state index contributed by atoms with van der Waals surface area (Å²) < 4.78 is 14.1. The van der Waals surface area contributed by atoms with Gasteiger partial charge in [-0.1, -0.05) is 24.5 Å². The van der Waals surface area contributed by atoms with Gasteiger partial charge in [-0.3, -0.25) is 4.79 Å². The SMILES string of the molecule is C#Cc1ccc(N(CC=C(C)C)C2=C(C)CC(C)CC2=O)cc1F. The van der Waals surface area contributed by atoms with Crippen LogP contribution in [0, 0.1) is 24.1 Å². The zero-order valence-electron chi connectivity index (χ0n) is 14.8. The van der Waals surface area contributed by atoms with Crippen molar-refractivity contribution in [2.75, 3.05) is 11.4 Å². The molecule has 0 spiro atoms. The first kappa shape index (κ1) is 18.0. The van der Waals surface area contributed by atoms with Gasteiger partial charge in [-0.25, -0.2) is 4.39 Å². The van der Waals surface area contributed by atoms with Crippen LogP contribution in [0.1, 0.15) is 46.1 Å². The smallest absolute Gasteiger partial charge is 0.179 e. The molecule has 0 heterocycles. The molecule has 1 aliphatic carbocycles. The van der Waals surface area contributed by atoms with E-state index in [-0.39, 0.29) is 11.3 Å². The second-order valence-electron chi connectivity index (χ2n) is 6.77. The maximum atomic E-state index is 14.1. The first-order valence-corrected chi connectivity index (χ1v) is 8.23. The van der Waals surface area contributed by atoms with Gasteiger partial charge < -0.3 is 4.90 Å². The van der Waals surface area contributed by atoms with Gasteiger partial charge in [0.15, 0.2) is 5.78 Å². The molecule has 0 saturated carbocycles. The topological polar surface area (TPSA) is 20.3 Å². The van der Waals surface area contributed by atoms with Crippen LogP contribution in [0.4, 0.5) is 10.1 Å². The monoisotopic (exact) mass is 325 g/mol. The van der Waals surface area contributed by atoms with Crippen LogP contribution >= 0.6 is 0 Å². The molecule has 3 heteroatoms. The van der Waals surface area contributed by atoms with Gasteiger partial charge in [-0.2, -0.15) is 0 Å². The van der Waals surface area contributed by atoms with Crippen molar-refractivity contribution in [3.8, 4) is 12.3 Å². The number of Topliss-reactive ketones (excluding diaryl/α,β-unsaturated/α-hetero) is 1. The minimum absolute atomic E-state index is 0.120. The zero-order valence-corrected chi connectivity index (χ0v) is 14.8. The number of rotatable bonds is 4. The Labute approximate surface area is 144 Å². The average Bonchev–Trinajstić information content (AvgIpc) is 2.49. The molecule has 0 aliphatic heterocycles. The number of allylic oxidation sites excluding steroid dienone is 3. The van der Waals surface area contributed by atoms with E-state index in [0.717, 1.165) is 17.6 Å². The number of ketones is 1. The Morgan fingerprint density at radius 1 is 1.42 bits per heavy atom. The summed E-state index contributed by atoms with van der Waals surface area (Å²) in [5.41, 5.74) is 3.79. The van der Waals surface area contributed by atoms with Crippen LogP contribution in [0.3, 0.4) is 0 Å². The molecule has 1 aliphatic rings. The van der Waals surface area contributed by atoms with E-state index in [1.165, 1.54) is 6.07 Å². The molecule has 0 radical (unpaired) electrons. The van der Waals surface area contributed by atoms with Crippen molar-refractivity contribution in [3.05, 3.63) is 52.5 Å². The first-order chi connectivity index (χ1) is 11.3. The summed E-state index contributed by atoms with van der Waals surface area (Å²) in [6.07, 6.45) is 8.76. The summed E-state index contributed by atoms with van der Waals surface area (Å²) >= 11 is 0. The van der Waals surface area contributed by atoms with Gasteiger partial charge in [0.1, 0.15) is 5.82 Å². The van der Waals surface area contributed by atoms with Gasteiger partial charge in [-0.15, -0.1) is 6.42 Å². The highest BCUT2D eigenvalue weighted by atomic mass is 19.1. The molecule has 1 aromatic rings. The molecule has 2 nitrogen and oxygen atoms in total. The van der Waals surface area contributed by atoms with Gasteiger partial charge in [0, 0.05) is 18.7 Å². The van der Waals surface area contributed by atoms with E-state index >= 15 is 0 Å². The lowest BCUT2D eigenvalue weighted by molar-refractivity contribution is -0.116. The van der Waals surface area contributed by atoms with E-state index in [1.54, 1.807) is 12.1 Å². The second-order valence-corrected chi connectivity index (χ2v) is 6.77. The highest BCUT2D eigenvalue weighted by Gasteiger charge is 2.27. The van der Waals surface area contributed by atoms with Crippen LogP contribution in [0.5, 0.6) is 0 Å². The van der Waals surface area contributed by atoms with Crippen LogP contribution < -0.4 is 4.90 Å². The third kappa shape index (κ3) is 3.94. The number of hydrogen-bond donors (Lipinski definition) is 0. The number of halogens is 1. The fraction of sp³-hybridized carbons (Fsp3) is 0.381. The van der Waals surface area contributed by atoms with Crippen LogP contribution in [0.25, 0.3) is 0 Å². The van der Waals surface area contributed by atoms with E-state index in [2.05, 4.69) is 12.8 Å². The van der Waals surface area contributed by atoms with Crippen LogP contribution in [-0.2, 0) is 4.79 Å². The second kappa shape index (κ2) is 7.49. The van der Waals surface area contributed by atoms with Crippen molar-refractivity contribution in [3.63, 3.8) is 0 Å². The van der Waals surface area contributed by atoms with Crippen LogP contribution in [0.2, 0.25) is 0 Å². The Hall–Kier alpha value is -2.34. The largest absolute Gasteiger partial charge is 0.335 e. The van der Waals surface area contributed by atoms with Crippen LogP contribution in [0.15, 0.2) is 41.1 Å². The van der Waals surface area contributed by atoms with Crippen molar-refractivity contribution in [1.82, 2.24) is 0 Å². The van der Waals surface area contributed by atoms with Gasteiger partial charge in [0.05, 0.1) is 11.3 Å². The van der Waals surface area contributed by atoms with E-state index in [1.807, 2.05) is 31.7 Å². The van der Waals surface area contributed by atoms with Crippen molar-refractivity contribution < 1.29 is 9.18 Å². The van der Waals surface area contributed by atoms with E-state index in [9.17, 15) is 9.18 Å². The predicted octanol–water partition coefficient (Wildman–Crippen LogP) is 4.85. The Kier molecular flexibility index (Phi) is 5.62. The average molecular weight is 325 g/mol. The molecule has 1 aromatic carbocycles. The summed E-state index contributed by atoms with van der Waals surface area (Å²) in [5, 5.41) is 0. The third-order valence-corrected chi connectivity index (χ3v) is 4.23. The molecule has 24 heavy (non-hydrogen) atoms. The molecule has 0 fully saturated rings. The first-order valence-electron chi connectivity index (χ1n) is 8.23. The summed E-state index contributed by atoms with van der Waals surface area (Å²) in [5.74, 6) is 2.37. The third-order valence-electron chi connectivity index (χ3n) is 4.23. The molecule has 1 atom stereocenters. The normalized spacial score (nSPS) is 17.5. The molecule has 0 N–H and O–H groups in total. The Balaban J connectivity index is 2.51. The van der Waals surface area contributed by atoms with E-state index in [4.69, 9.17) is 6.42 Å². The Morgan fingerprint density at radius 3 is 2.67 bits per heavy atom. The summed E-state index contributed by atoms with van der Waals surface area (Å²) in [4.78, 5) is 14.5. The maximum absolute atomic E-state index is 14.1. The molecular formula is C21H24FNO. The summed E-state index contributed by atoms with van der Waals surface area (Å²) in [6, 6.07) is 4.79. The minimum Gasteiger partial charge on any atom is -0.335 e. The van der Waals surface area contributed by atoms with E-state index in [0.29, 0.717) is 30.3 Å². The minimum atomic E-state index is -0.438. The lowest BCUT2D eigenvalue weighted by Crippen LogP contribution is -2.32. The van der Waals surface area contributed by atoms with Crippen molar-refractivity contribution >= 4 is 11.5 Å². The highest BCUT2D eigenvalue weighted by Crippen LogP contribution is 2.32. The molecule has 0 aromatic heterocycles. The van der Waals surface area contributed by atoms with Crippen LogP contribution in [-0.4, -0.2) is 12.3 Å². The number of carbonyl (C=O) groups is 1. The van der Waals surface area contributed by atoms with Gasteiger partial charge in [0.2, 0.25) is 0 Å². The fourth-order valence-electron chi connectivity index (χ4n) is 3.11. The molecule has 126 valence electrons. The lowest BCUT2D eigenvalue weighted by Gasteiger charge is -2.32. The number of hydrogen-bond acceptors (Lipinski definition) is 2. The quantitative estimate of drug-likeness (QED) is 0.582. The molecule has 0 amide bonds. The Morgan fingerprint density at radius 2 is 2.12 bits per heavy atom. The zero-order chi connectivity index (χ0) is 17.9. The number of anilines is 1. The van der Waals surface area contributed by atoms with Gasteiger partial charge in [0.25, 0.3) is 0 Å². The van der Waals surface area contributed by atoms with Gasteiger partial charge in [-0.05, 0) is 56.9 Å². The van der Waals surface area contributed by atoms with Gasteiger partial charge >= 0.3 is 0 Å². The van der Waals surface area contributed by atoms with E-state index < -0.39 is 5.82 Å². The predicted molar refractivity (Wildman–Crippen MR) is 97.2 cm³/mol. The lowest BCUT2D eigenvalue weighted by atomic mass is 9.87. The number of nitrogens with zero attached hydrogens (tertiary/aromatic N) is 1. The summed E-state index contributed by atoms with van der Waals surface area (Å²) in [7, 11) is 0. The number of benzene rings is 1. The molecule has 0 saturated heterocycles.